The third kappa shape index (κ3) is 4.48. The molecule has 2 aromatic carbocycles. The van der Waals surface area contributed by atoms with Crippen LogP contribution in [-0.2, 0) is 19.6 Å². The first-order valence-corrected chi connectivity index (χ1v) is 10.1. The van der Waals surface area contributed by atoms with Crippen LogP contribution in [0.1, 0.15) is 32.3 Å². The fourth-order valence-electron chi connectivity index (χ4n) is 2.77. The van der Waals surface area contributed by atoms with Crippen LogP contribution in [0, 0.1) is 10.1 Å². The number of hydrogen-bond donors (Lipinski definition) is 0. The lowest BCUT2D eigenvalue weighted by Crippen LogP contribution is -2.37. The number of anilines is 1. The van der Waals surface area contributed by atoms with Crippen LogP contribution in [0.15, 0.2) is 53.4 Å². The van der Waals surface area contributed by atoms with E-state index in [1.807, 2.05) is 13.8 Å². The molecule has 0 bridgehead atoms. The smallest absolute Gasteiger partial charge is 0.326 e. The van der Waals surface area contributed by atoms with Crippen LogP contribution < -0.4 is 4.31 Å². The predicted molar refractivity (Wildman–Crippen MR) is 105 cm³/mol. The van der Waals surface area contributed by atoms with E-state index in [-0.39, 0.29) is 18.2 Å². The number of sulfonamides is 1. The molecule has 0 N–H and O–H groups in total. The molecule has 0 saturated carbocycles. The Kier molecular flexibility index (Phi) is 6.74. The SMILES string of the molecule is CCOC(=O)CN(c1ccccc1C(C)C)S(=O)(=O)c1ccccc1[N+](=O)[O-]. The van der Waals surface area contributed by atoms with Crippen LogP contribution in [0.3, 0.4) is 0 Å². The second kappa shape index (κ2) is 8.83. The molecular formula is C19H22N2O6S. The quantitative estimate of drug-likeness (QED) is 0.377. The summed E-state index contributed by atoms with van der Waals surface area (Å²) in [4.78, 5) is 22.3. The molecule has 2 rings (SSSR count). The number of carbonyl (C=O) groups excluding carboxylic acids is 1. The number of nitro benzene ring substituents is 1. The van der Waals surface area contributed by atoms with Crippen molar-refractivity contribution in [2.75, 3.05) is 17.5 Å². The van der Waals surface area contributed by atoms with E-state index in [0.29, 0.717) is 5.56 Å². The standard InChI is InChI=1S/C19H22N2O6S/c1-4-27-19(22)13-20(16-10-6-5-9-15(16)14(2)3)28(25,26)18-12-8-7-11-17(18)21(23)24/h5-12,14H,4,13H2,1-3H3. The first-order valence-electron chi connectivity index (χ1n) is 8.70. The summed E-state index contributed by atoms with van der Waals surface area (Å²) in [7, 11) is -4.41. The molecule has 0 amide bonds. The number of rotatable bonds is 8. The number of carbonyl (C=O) groups is 1. The first kappa shape index (κ1) is 21.4. The fraction of sp³-hybridized carbons (Fsp3) is 0.316. The van der Waals surface area contributed by atoms with Crippen LogP contribution in [0.25, 0.3) is 0 Å². The molecule has 0 saturated heterocycles. The van der Waals surface area contributed by atoms with Gasteiger partial charge in [0.25, 0.3) is 15.7 Å². The number of esters is 1. The van der Waals surface area contributed by atoms with E-state index in [4.69, 9.17) is 4.74 Å². The second-order valence-corrected chi connectivity index (χ2v) is 8.09. The number of nitrogens with zero attached hydrogens (tertiary/aromatic N) is 2. The Hall–Kier alpha value is -2.94. The minimum absolute atomic E-state index is 0.0399. The van der Waals surface area contributed by atoms with Crippen molar-refractivity contribution in [1.82, 2.24) is 0 Å². The van der Waals surface area contributed by atoms with Crippen molar-refractivity contribution in [1.29, 1.82) is 0 Å². The van der Waals surface area contributed by atoms with Gasteiger partial charge in [-0.15, -0.1) is 0 Å². The maximum absolute atomic E-state index is 13.4. The van der Waals surface area contributed by atoms with E-state index in [0.717, 1.165) is 16.4 Å². The zero-order valence-corrected chi connectivity index (χ0v) is 16.7. The molecular weight excluding hydrogens is 384 g/mol. The molecule has 8 nitrogen and oxygen atoms in total. The van der Waals surface area contributed by atoms with Crippen LogP contribution in [0.2, 0.25) is 0 Å². The summed E-state index contributed by atoms with van der Waals surface area (Å²) in [5.74, 6) is -0.787. The van der Waals surface area contributed by atoms with Crippen LogP contribution in [0.4, 0.5) is 11.4 Å². The average Bonchev–Trinajstić information content (AvgIpc) is 2.66. The molecule has 9 heteroatoms. The fourth-order valence-corrected chi connectivity index (χ4v) is 4.37. The monoisotopic (exact) mass is 406 g/mol. The van der Waals surface area contributed by atoms with Gasteiger partial charge >= 0.3 is 5.97 Å². The van der Waals surface area contributed by atoms with Gasteiger partial charge in [-0.1, -0.05) is 44.2 Å². The van der Waals surface area contributed by atoms with E-state index >= 15 is 0 Å². The summed E-state index contributed by atoms with van der Waals surface area (Å²) in [6, 6.07) is 11.8. The Balaban J connectivity index is 2.69. The Morgan fingerprint density at radius 2 is 1.75 bits per heavy atom. The van der Waals surface area contributed by atoms with Gasteiger partial charge in [-0.3, -0.25) is 19.2 Å². The predicted octanol–water partition coefficient (Wildman–Crippen LogP) is 3.48. The first-order chi connectivity index (χ1) is 13.2. The van der Waals surface area contributed by atoms with Crippen molar-refractivity contribution in [3.63, 3.8) is 0 Å². The van der Waals surface area contributed by atoms with E-state index in [1.54, 1.807) is 31.2 Å². The second-order valence-electron chi connectivity index (χ2n) is 6.26. The van der Waals surface area contributed by atoms with E-state index in [2.05, 4.69) is 0 Å². The van der Waals surface area contributed by atoms with Gasteiger partial charge in [-0.25, -0.2) is 8.42 Å². The van der Waals surface area contributed by atoms with Gasteiger partial charge in [0.2, 0.25) is 0 Å². The van der Waals surface area contributed by atoms with E-state index in [9.17, 15) is 23.3 Å². The number of hydrogen-bond acceptors (Lipinski definition) is 6. The molecule has 0 unspecified atom stereocenters. The zero-order valence-electron chi connectivity index (χ0n) is 15.9. The Morgan fingerprint density at radius 3 is 2.36 bits per heavy atom. The maximum atomic E-state index is 13.4. The molecule has 0 atom stereocenters. The summed E-state index contributed by atoms with van der Waals surface area (Å²) < 4.78 is 32.6. The van der Waals surface area contributed by atoms with E-state index in [1.165, 1.54) is 12.1 Å². The summed E-state index contributed by atoms with van der Waals surface area (Å²) >= 11 is 0. The van der Waals surface area contributed by atoms with Crippen molar-refractivity contribution < 1.29 is 22.9 Å². The summed E-state index contributed by atoms with van der Waals surface area (Å²) in [5, 5.41) is 11.4. The van der Waals surface area contributed by atoms with Crippen LogP contribution in [0.5, 0.6) is 0 Å². The van der Waals surface area contributed by atoms with Gasteiger partial charge in [0.15, 0.2) is 4.90 Å². The molecule has 0 aliphatic carbocycles. The Labute approximate surface area is 163 Å². The van der Waals surface area contributed by atoms with Crippen molar-refractivity contribution in [2.24, 2.45) is 0 Å². The van der Waals surface area contributed by atoms with Gasteiger partial charge in [0, 0.05) is 6.07 Å². The van der Waals surface area contributed by atoms with Gasteiger partial charge in [-0.05, 0) is 30.5 Å². The molecule has 2 aromatic rings. The van der Waals surface area contributed by atoms with Crippen molar-refractivity contribution in [2.45, 2.75) is 31.6 Å². The van der Waals surface area contributed by atoms with Gasteiger partial charge < -0.3 is 4.74 Å². The summed E-state index contributed by atoms with van der Waals surface area (Å²) in [5.41, 5.74) is 0.413. The third-order valence-electron chi connectivity index (χ3n) is 4.04. The average molecular weight is 406 g/mol. The van der Waals surface area contributed by atoms with Crippen molar-refractivity contribution in [3.05, 3.63) is 64.2 Å². The molecule has 28 heavy (non-hydrogen) atoms. The highest BCUT2D eigenvalue weighted by molar-refractivity contribution is 7.93. The molecule has 150 valence electrons. The van der Waals surface area contributed by atoms with Crippen LogP contribution in [-0.4, -0.2) is 32.5 Å². The molecule has 0 aliphatic heterocycles. The van der Waals surface area contributed by atoms with E-state index < -0.39 is 38.0 Å². The Bertz CT molecular complexity index is 972. The van der Waals surface area contributed by atoms with Crippen LogP contribution >= 0.6 is 0 Å². The normalized spacial score (nSPS) is 11.3. The molecule has 0 heterocycles. The molecule has 0 fully saturated rings. The number of ether oxygens (including phenoxy) is 1. The highest BCUT2D eigenvalue weighted by atomic mass is 32.2. The summed E-state index contributed by atoms with van der Waals surface area (Å²) in [6.45, 7) is 4.88. The lowest BCUT2D eigenvalue weighted by Gasteiger charge is -2.26. The summed E-state index contributed by atoms with van der Waals surface area (Å²) in [6.07, 6.45) is 0. The topological polar surface area (TPSA) is 107 Å². The largest absolute Gasteiger partial charge is 0.465 e. The maximum Gasteiger partial charge on any atom is 0.326 e. The molecule has 0 aromatic heterocycles. The third-order valence-corrected chi connectivity index (χ3v) is 5.84. The zero-order chi connectivity index (χ0) is 20.9. The molecule has 0 spiro atoms. The molecule has 0 aliphatic rings. The number of para-hydroxylation sites is 2. The van der Waals surface area contributed by atoms with Gasteiger partial charge in [0.05, 0.1) is 17.2 Å². The van der Waals surface area contributed by atoms with Crippen molar-refractivity contribution in [3.8, 4) is 0 Å². The number of benzene rings is 2. The minimum Gasteiger partial charge on any atom is -0.465 e. The van der Waals surface area contributed by atoms with Gasteiger partial charge in [0.1, 0.15) is 6.54 Å². The minimum atomic E-state index is -4.41. The Morgan fingerprint density at radius 1 is 1.14 bits per heavy atom. The lowest BCUT2D eigenvalue weighted by atomic mass is 10.0. The highest BCUT2D eigenvalue weighted by Gasteiger charge is 2.34. The number of nitro groups is 1. The molecule has 0 radical (unpaired) electrons. The van der Waals surface area contributed by atoms with Gasteiger partial charge in [-0.2, -0.15) is 0 Å². The lowest BCUT2D eigenvalue weighted by molar-refractivity contribution is -0.387. The van der Waals surface area contributed by atoms with Crippen molar-refractivity contribution >= 4 is 27.4 Å². The highest BCUT2D eigenvalue weighted by Crippen LogP contribution is 2.34.